The van der Waals surface area contributed by atoms with Crippen molar-refractivity contribution >= 4 is 11.9 Å². The summed E-state index contributed by atoms with van der Waals surface area (Å²) >= 11 is 0. The topological polar surface area (TPSA) is 71.8 Å². The van der Waals surface area contributed by atoms with Crippen LogP contribution in [0.15, 0.2) is 47.4 Å². The van der Waals surface area contributed by atoms with Crippen molar-refractivity contribution in [1.29, 1.82) is 0 Å². The third-order valence-corrected chi connectivity index (χ3v) is 4.53. The summed E-state index contributed by atoms with van der Waals surface area (Å²) in [5.41, 5.74) is 1.08. The maximum atomic E-state index is 13.2. The second-order valence-electron chi connectivity index (χ2n) is 8.96. The number of hydrogen-bond acceptors (Lipinski definition) is 5. The van der Waals surface area contributed by atoms with Gasteiger partial charge in [-0.25, -0.2) is 0 Å². The van der Waals surface area contributed by atoms with E-state index in [2.05, 4.69) is 0 Å². The number of esters is 1. The van der Waals surface area contributed by atoms with Crippen molar-refractivity contribution in [2.45, 2.75) is 39.8 Å². The molecule has 0 spiro atoms. The van der Waals surface area contributed by atoms with Gasteiger partial charge in [-0.3, -0.25) is 14.4 Å². The zero-order valence-electron chi connectivity index (χ0n) is 19.3. The Morgan fingerprint density at radius 2 is 1.77 bits per heavy atom. The molecular weight excluding hydrogens is 394 g/mol. The Bertz CT molecular complexity index is 973. The van der Waals surface area contributed by atoms with Crippen LogP contribution in [0, 0.1) is 6.92 Å². The molecule has 1 heterocycles. The van der Waals surface area contributed by atoms with Crippen LogP contribution >= 0.6 is 0 Å². The number of benzene rings is 1. The minimum absolute atomic E-state index is 0.0393. The van der Waals surface area contributed by atoms with E-state index in [9.17, 15) is 14.4 Å². The molecule has 1 aromatic heterocycles. The highest BCUT2D eigenvalue weighted by Crippen LogP contribution is 2.10. The number of amides is 1. The molecule has 1 aromatic carbocycles. The second-order valence-corrected chi connectivity index (χ2v) is 8.96. The van der Waals surface area contributed by atoms with Crippen molar-refractivity contribution in [3.63, 3.8) is 0 Å². The molecule has 2 rings (SSSR count). The Hall–Kier alpha value is -2.93. The van der Waals surface area contributed by atoms with Crippen LogP contribution in [0.25, 0.3) is 0 Å². The smallest absolute Gasteiger partial charge is 0.326 e. The van der Waals surface area contributed by atoms with Gasteiger partial charge in [-0.1, -0.05) is 29.8 Å². The Balaban J connectivity index is 2.28. The maximum Gasteiger partial charge on any atom is 0.326 e. The zero-order valence-corrected chi connectivity index (χ0v) is 19.3. The van der Waals surface area contributed by atoms with Crippen LogP contribution in [0.3, 0.4) is 0 Å². The van der Waals surface area contributed by atoms with Crippen LogP contribution in [-0.4, -0.2) is 65.6 Å². The number of nitrogens with zero attached hydrogens (tertiary/aromatic N) is 3. The standard InChI is InChI=1S/C24H33N3O4/c1-18-9-7-10-19(15-18)16-26-12-8-11-20(22(26)29)23(30)27(14-13-25(5)6)17-21(28)31-24(2,3)4/h7-12,15H,13-14,16-17H2,1-6H3. The highest BCUT2D eigenvalue weighted by atomic mass is 16.6. The van der Waals surface area contributed by atoms with Crippen LogP contribution in [0.4, 0.5) is 0 Å². The number of pyridine rings is 1. The molecule has 7 heteroatoms. The average Bonchev–Trinajstić information content (AvgIpc) is 2.65. The van der Waals surface area contributed by atoms with E-state index in [1.165, 1.54) is 15.5 Å². The van der Waals surface area contributed by atoms with Crippen molar-refractivity contribution < 1.29 is 14.3 Å². The van der Waals surface area contributed by atoms with Gasteiger partial charge >= 0.3 is 5.97 Å². The molecule has 31 heavy (non-hydrogen) atoms. The SMILES string of the molecule is Cc1cccc(Cn2cccc(C(=O)N(CCN(C)C)CC(=O)OC(C)(C)C)c2=O)c1. The molecular formula is C24H33N3O4. The molecule has 0 aliphatic heterocycles. The van der Waals surface area contributed by atoms with Crippen LogP contribution in [0.2, 0.25) is 0 Å². The number of likely N-dealkylation sites (N-methyl/N-ethyl adjacent to an activating group) is 1. The first-order valence-electron chi connectivity index (χ1n) is 10.4. The lowest BCUT2D eigenvalue weighted by Crippen LogP contribution is -2.44. The molecule has 0 saturated heterocycles. The number of hydrogen-bond donors (Lipinski definition) is 0. The Labute approximate surface area is 184 Å². The quantitative estimate of drug-likeness (QED) is 0.606. The molecule has 0 aliphatic carbocycles. The van der Waals surface area contributed by atoms with E-state index in [4.69, 9.17) is 4.74 Å². The first-order chi connectivity index (χ1) is 14.5. The summed E-state index contributed by atoms with van der Waals surface area (Å²) in [4.78, 5) is 41.9. The summed E-state index contributed by atoms with van der Waals surface area (Å²) in [6, 6.07) is 11.1. The fourth-order valence-corrected chi connectivity index (χ4v) is 3.10. The lowest BCUT2D eigenvalue weighted by molar-refractivity contribution is -0.155. The third kappa shape index (κ3) is 7.68. The van der Waals surface area contributed by atoms with E-state index in [1.807, 2.05) is 50.2 Å². The number of carbonyl (C=O) groups excluding carboxylic acids is 2. The van der Waals surface area contributed by atoms with Gasteiger partial charge in [-0.2, -0.15) is 0 Å². The molecule has 7 nitrogen and oxygen atoms in total. The fourth-order valence-electron chi connectivity index (χ4n) is 3.10. The van der Waals surface area contributed by atoms with Gasteiger partial charge in [-0.15, -0.1) is 0 Å². The molecule has 0 atom stereocenters. The summed E-state index contributed by atoms with van der Waals surface area (Å²) in [5.74, 6) is -0.980. The van der Waals surface area contributed by atoms with Crippen LogP contribution < -0.4 is 5.56 Å². The summed E-state index contributed by atoms with van der Waals surface area (Å²) in [5, 5.41) is 0. The van der Waals surface area contributed by atoms with E-state index in [0.29, 0.717) is 19.6 Å². The van der Waals surface area contributed by atoms with E-state index < -0.39 is 17.5 Å². The maximum absolute atomic E-state index is 13.2. The van der Waals surface area contributed by atoms with Crippen molar-refractivity contribution in [2.24, 2.45) is 0 Å². The van der Waals surface area contributed by atoms with Gasteiger partial charge in [0, 0.05) is 19.3 Å². The van der Waals surface area contributed by atoms with Gasteiger partial charge in [0.1, 0.15) is 17.7 Å². The second kappa shape index (κ2) is 10.4. The highest BCUT2D eigenvalue weighted by molar-refractivity contribution is 5.95. The molecule has 0 unspecified atom stereocenters. The van der Waals surface area contributed by atoms with Gasteiger partial charge in [0.2, 0.25) is 0 Å². The number of aryl methyl sites for hydroxylation is 1. The van der Waals surface area contributed by atoms with Gasteiger partial charge in [0.25, 0.3) is 11.5 Å². The van der Waals surface area contributed by atoms with Crippen LogP contribution in [0.1, 0.15) is 42.3 Å². The van der Waals surface area contributed by atoms with Gasteiger partial charge in [0.05, 0.1) is 6.54 Å². The summed E-state index contributed by atoms with van der Waals surface area (Å²) in [7, 11) is 3.76. The van der Waals surface area contributed by atoms with Crippen LogP contribution in [0.5, 0.6) is 0 Å². The average molecular weight is 428 g/mol. The Morgan fingerprint density at radius 1 is 1.06 bits per heavy atom. The zero-order chi connectivity index (χ0) is 23.2. The van der Waals surface area contributed by atoms with Crippen molar-refractivity contribution in [3.8, 4) is 0 Å². The minimum atomic E-state index is -0.652. The van der Waals surface area contributed by atoms with E-state index in [-0.39, 0.29) is 17.7 Å². The molecule has 168 valence electrons. The predicted molar refractivity (Wildman–Crippen MR) is 121 cm³/mol. The lowest BCUT2D eigenvalue weighted by Gasteiger charge is -2.26. The lowest BCUT2D eigenvalue weighted by atomic mass is 10.1. The minimum Gasteiger partial charge on any atom is -0.459 e. The monoisotopic (exact) mass is 427 g/mol. The molecule has 0 bridgehead atoms. The van der Waals surface area contributed by atoms with Gasteiger partial charge < -0.3 is 19.1 Å². The van der Waals surface area contributed by atoms with Crippen molar-refractivity contribution in [2.75, 3.05) is 33.7 Å². The molecule has 0 aliphatic rings. The Morgan fingerprint density at radius 3 is 2.39 bits per heavy atom. The van der Waals surface area contributed by atoms with E-state index >= 15 is 0 Å². The molecule has 1 amide bonds. The highest BCUT2D eigenvalue weighted by Gasteiger charge is 2.25. The third-order valence-electron chi connectivity index (χ3n) is 4.53. The Kier molecular flexibility index (Phi) is 8.16. The number of ether oxygens (including phenoxy) is 1. The molecule has 0 radical (unpaired) electrons. The van der Waals surface area contributed by atoms with Gasteiger partial charge in [0.15, 0.2) is 0 Å². The largest absolute Gasteiger partial charge is 0.459 e. The van der Waals surface area contributed by atoms with E-state index in [1.54, 1.807) is 33.0 Å². The molecule has 0 saturated carbocycles. The normalized spacial score (nSPS) is 11.5. The van der Waals surface area contributed by atoms with Gasteiger partial charge in [-0.05, 0) is 59.5 Å². The first-order valence-corrected chi connectivity index (χ1v) is 10.4. The fraction of sp³-hybridized carbons (Fsp3) is 0.458. The summed E-state index contributed by atoms with van der Waals surface area (Å²) in [6.07, 6.45) is 1.67. The molecule has 2 aromatic rings. The first kappa shape index (κ1) is 24.3. The van der Waals surface area contributed by atoms with Crippen LogP contribution in [-0.2, 0) is 16.1 Å². The summed E-state index contributed by atoms with van der Waals surface area (Å²) in [6.45, 7) is 8.33. The number of carbonyl (C=O) groups is 2. The van der Waals surface area contributed by atoms with Crippen molar-refractivity contribution in [3.05, 3.63) is 69.6 Å². The van der Waals surface area contributed by atoms with Crippen molar-refractivity contribution in [1.82, 2.24) is 14.4 Å². The molecule has 0 fully saturated rings. The summed E-state index contributed by atoms with van der Waals surface area (Å²) < 4.78 is 6.89. The number of aromatic nitrogens is 1. The molecule has 0 N–H and O–H groups in total. The van der Waals surface area contributed by atoms with E-state index in [0.717, 1.165) is 11.1 Å². The predicted octanol–water partition coefficient (Wildman–Crippen LogP) is 2.55. The number of rotatable bonds is 8.